The fraction of sp³-hybridized carbons (Fsp3) is 0.158. The second kappa shape index (κ2) is 9.85. The third-order valence-electron chi connectivity index (χ3n) is 3.37. The Bertz CT molecular complexity index is 767. The Morgan fingerprint density at radius 3 is 1.96 bits per heavy atom. The van der Waals surface area contributed by atoms with E-state index >= 15 is 0 Å². The van der Waals surface area contributed by atoms with Gasteiger partial charge in [0.1, 0.15) is 0 Å². The second-order valence-corrected chi connectivity index (χ2v) is 5.55. The molecule has 1 atom stereocenters. The third-order valence-corrected chi connectivity index (χ3v) is 3.37. The highest BCUT2D eigenvalue weighted by atomic mass is 16.4. The predicted molar refractivity (Wildman–Crippen MR) is 96.0 cm³/mol. The van der Waals surface area contributed by atoms with Crippen LogP contribution in [-0.4, -0.2) is 32.4 Å². The molecule has 0 bridgehead atoms. The molecule has 0 aliphatic carbocycles. The zero-order valence-electron chi connectivity index (χ0n) is 14.2. The number of carboxylic acids is 2. The molecule has 138 valence electrons. The summed E-state index contributed by atoms with van der Waals surface area (Å²) in [5.41, 5.74) is 9.29. The van der Waals surface area contributed by atoms with Crippen molar-refractivity contribution in [3.8, 4) is 11.5 Å². The highest BCUT2D eigenvalue weighted by Gasteiger charge is 2.08. The van der Waals surface area contributed by atoms with Crippen molar-refractivity contribution in [3.05, 3.63) is 71.3 Å². The van der Waals surface area contributed by atoms with E-state index in [4.69, 9.17) is 15.9 Å². The van der Waals surface area contributed by atoms with Gasteiger partial charge in [-0.3, -0.25) is 0 Å². The van der Waals surface area contributed by atoms with Crippen molar-refractivity contribution >= 4 is 11.9 Å². The van der Waals surface area contributed by atoms with Crippen LogP contribution >= 0.6 is 0 Å². The maximum atomic E-state index is 9.55. The Hall–Kier alpha value is -3.32. The molecule has 7 heteroatoms. The first kappa shape index (κ1) is 20.7. The summed E-state index contributed by atoms with van der Waals surface area (Å²) in [6, 6.07) is 12.8. The van der Waals surface area contributed by atoms with Gasteiger partial charge < -0.3 is 26.2 Å². The smallest absolute Gasteiger partial charge is 0.328 e. The van der Waals surface area contributed by atoms with E-state index in [1.54, 1.807) is 12.1 Å². The van der Waals surface area contributed by atoms with Crippen LogP contribution in [0, 0.1) is 6.92 Å². The Morgan fingerprint density at radius 2 is 1.50 bits per heavy atom. The summed E-state index contributed by atoms with van der Waals surface area (Å²) in [4.78, 5) is 19.1. The van der Waals surface area contributed by atoms with Crippen LogP contribution in [0.5, 0.6) is 11.5 Å². The van der Waals surface area contributed by atoms with Gasteiger partial charge in [-0.1, -0.05) is 35.9 Å². The molecule has 0 fully saturated rings. The van der Waals surface area contributed by atoms with Gasteiger partial charge in [0, 0.05) is 18.2 Å². The number of aryl methyl sites for hydroxylation is 1. The molecule has 2 aromatic carbocycles. The van der Waals surface area contributed by atoms with E-state index < -0.39 is 11.9 Å². The molecule has 0 aromatic heterocycles. The Kier molecular flexibility index (Phi) is 7.85. The minimum Gasteiger partial charge on any atom is -0.504 e. The fourth-order valence-electron chi connectivity index (χ4n) is 2.02. The number of benzene rings is 2. The normalized spacial score (nSPS) is 11.5. The van der Waals surface area contributed by atoms with E-state index in [1.165, 1.54) is 11.6 Å². The first-order valence-electron chi connectivity index (χ1n) is 7.66. The molecule has 0 amide bonds. The quantitative estimate of drug-likeness (QED) is 0.407. The molecule has 2 aromatic rings. The van der Waals surface area contributed by atoms with Crippen LogP contribution in [-0.2, 0) is 16.0 Å². The van der Waals surface area contributed by atoms with E-state index in [9.17, 15) is 19.8 Å². The summed E-state index contributed by atoms with van der Waals surface area (Å²) in [6.45, 7) is 2.04. The number of aliphatic carboxylic acids is 2. The van der Waals surface area contributed by atoms with Crippen LogP contribution in [0.15, 0.2) is 54.6 Å². The SMILES string of the molecule is Cc1ccc(C(N)Cc2ccc(O)c(O)c2)cc1.O=C(O)/C=C\C(=O)O. The fourth-order valence-corrected chi connectivity index (χ4v) is 2.02. The summed E-state index contributed by atoms with van der Waals surface area (Å²) in [5.74, 6) is -2.73. The van der Waals surface area contributed by atoms with Crippen molar-refractivity contribution in [2.45, 2.75) is 19.4 Å². The van der Waals surface area contributed by atoms with E-state index in [2.05, 4.69) is 0 Å². The Morgan fingerprint density at radius 1 is 0.962 bits per heavy atom. The lowest BCUT2D eigenvalue weighted by Gasteiger charge is -2.13. The maximum Gasteiger partial charge on any atom is 0.328 e. The number of carboxylic acid groups (broad SMARTS) is 2. The van der Waals surface area contributed by atoms with Crippen molar-refractivity contribution in [2.75, 3.05) is 0 Å². The van der Waals surface area contributed by atoms with Gasteiger partial charge in [-0.15, -0.1) is 0 Å². The molecule has 0 saturated heterocycles. The summed E-state index contributed by atoms with van der Waals surface area (Å²) in [7, 11) is 0. The molecule has 6 N–H and O–H groups in total. The van der Waals surface area contributed by atoms with Gasteiger partial charge in [-0.05, 0) is 36.6 Å². The number of carbonyl (C=O) groups is 2. The largest absolute Gasteiger partial charge is 0.504 e. The van der Waals surface area contributed by atoms with Crippen LogP contribution in [0.2, 0.25) is 0 Å². The van der Waals surface area contributed by atoms with E-state index in [-0.39, 0.29) is 17.5 Å². The molecule has 7 nitrogen and oxygen atoms in total. The molecule has 0 aliphatic rings. The standard InChI is InChI=1S/C15H17NO2.C4H4O4/c1-10-2-5-12(6-3-10)13(16)8-11-4-7-14(17)15(18)9-11;5-3(6)1-2-4(7)8/h2-7,9,13,17-18H,8,16H2,1H3;1-2H,(H,5,6)(H,7,8)/b;2-1-. The number of phenols is 2. The molecule has 2 rings (SSSR count). The number of hydrogen-bond donors (Lipinski definition) is 5. The summed E-state index contributed by atoms with van der Waals surface area (Å²) >= 11 is 0. The lowest BCUT2D eigenvalue weighted by molar-refractivity contribution is -0.134. The van der Waals surface area contributed by atoms with Crippen molar-refractivity contribution in [1.29, 1.82) is 0 Å². The van der Waals surface area contributed by atoms with Gasteiger partial charge in [-0.25, -0.2) is 9.59 Å². The highest BCUT2D eigenvalue weighted by molar-refractivity contribution is 5.89. The maximum absolute atomic E-state index is 9.55. The number of aromatic hydroxyl groups is 2. The van der Waals surface area contributed by atoms with E-state index in [0.29, 0.717) is 18.6 Å². The van der Waals surface area contributed by atoms with Gasteiger partial charge in [-0.2, -0.15) is 0 Å². The van der Waals surface area contributed by atoms with Gasteiger partial charge in [0.25, 0.3) is 0 Å². The van der Waals surface area contributed by atoms with Crippen molar-refractivity contribution in [2.24, 2.45) is 5.73 Å². The monoisotopic (exact) mass is 359 g/mol. The summed E-state index contributed by atoms with van der Waals surface area (Å²) < 4.78 is 0. The topological polar surface area (TPSA) is 141 Å². The molecule has 0 radical (unpaired) electrons. The van der Waals surface area contributed by atoms with Crippen LogP contribution in [0.1, 0.15) is 22.7 Å². The van der Waals surface area contributed by atoms with Crippen molar-refractivity contribution in [1.82, 2.24) is 0 Å². The molecule has 0 heterocycles. The van der Waals surface area contributed by atoms with Crippen LogP contribution in [0.3, 0.4) is 0 Å². The lowest BCUT2D eigenvalue weighted by atomic mass is 9.99. The summed E-state index contributed by atoms with van der Waals surface area (Å²) in [5, 5.41) is 34.3. The second-order valence-electron chi connectivity index (χ2n) is 5.55. The average Bonchev–Trinajstić information content (AvgIpc) is 2.57. The predicted octanol–water partition coefficient (Wildman–Crippen LogP) is 2.36. The average molecular weight is 359 g/mol. The zero-order chi connectivity index (χ0) is 19.7. The molecule has 26 heavy (non-hydrogen) atoms. The molecular weight excluding hydrogens is 338 g/mol. The van der Waals surface area contributed by atoms with Crippen LogP contribution < -0.4 is 5.73 Å². The molecule has 1 unspecified atom stereocenters. The number of hydrogen-bond acceptors (Lipinski definition) is 5. The van der Waals surface area contributed by atoms with Crippen LogP contribution in [0.4, 0.5) is 0 Å². The molecule has 0 saturated carbocycles. The Labute approximate surface area is 150 Å². The third kappa shape index (κ3) is 7.50. The molecule has 0 spiro atoms. The Balaban J connectivity index is 0.000000359. The van der Waals surface area contributed by atoms with E-state index in [0.717, 1.165) is 11.1 Å². The number of phenolic OH excluding ortho intramolecular Hbond substituents is 2. The van der Waals surface area contributed by atoms with Gasteiger partial charge in [0.05, 0.1) is 0 Å². The molecule has 0 aliphatic heterocycles. The number of rotatable bonds is 5. The molecular formula is C19H21NO6. The highest BCUT2D eigenvalue weighted by Crippen LogP contribution is 2.27. The first-order valence-corrected chi connectivity index (χ1v) is 7.66. The van der Waals surface area contributed by atoms with Crippen molar-refractivity contribution < 1.29 is 30.0 Å². The lowest BCUT2D eigenvalue weighted by Crippen LogP contribution is -2.13. The van der Waals surface area contributed by atoms with Gasteiger partial charge in [0.15, 0.2) is 11.5 Å². The van der Waals surface area contributed by atoms with Crippen molar-refractivity contribution in [3.63, 3.8) is 0 Å². The van der Waals surface area contributed by atoms with Gasteiger partial charge in [0.2, 0.25) is 0 Å². The minimum atomic E-state index is -1.26. The van der Waals surface area contributed by atoms with Crippen LogP contribution in [0.25, 0.3) is 0 Å². The first-order chi connectivity index (χ1) is 12.2. The van der Waals surface area contributed by atoms with Gasteiger partial charge >= 0.3 is 11.9 Å². The number of nitrogens with two attached hydrogens (primary N) is 1. The zero-order valence-corrected chi connectivity index (χ0v) is 14.2. The minimum absolute atomic E-state index is 0.108. The van der Waals surface area contributed by atoms with E-state index in [1.807, 2.05) is 31.2 Å². The summed E-state index contributed by atoms with van der Waals surface area (Å²) in [6.07, 6.45) is 1.74.